The summed E-state index contributed by atoms with van der Waals surface area (Å²) in [5.41, 5.74) is 0.137. The van der Waals surface area contributed by atoms with E-state index in [-0.39, 0.29) is 18.1 Å². The zero-order chi connectivity index (χ0) is 11.0. The average molecular weight is 198 g/mol. The summed E-state index contributed by atoms with van der Waals surface area (Å²) in [5.74, 6) is 0. The van der Waals surface area contributed by atoms with Crippen molar-refractivity contribution < 1.29 is 5.11 Å². The lowest BCUT2D eigenvalue weighted by molar-refractivity contribution is 0.216. The molecule has 0 spiro atoms. The summed E-state index contributed by atoms with van der Waals surface area (Å²) in [6.45, 7) is 7.37. The number of aliphatic hydroxyl groups is 1. The number of hydrogen-bond acceptors (Lipinski definition) is 3. The second-order valence-electron chi connectivity index (χ2n) is 4.49. The Morgan fingerprint density at radius 1 is 1.50 bits per heavy atom. The van der Waals surface area contributed by atoms with Gasteiger partial charge in [0.15, 0.2) is 0 Å². The molecule has 1 atom stereocenters. The summed E-state index contributed by atoms with van der Waals surface area (Å²) in [4.78, 5) is 0. The SMILES string of the molecule is CC[C@H](CO)NCC(C)(C)CCC#N. The monoisotopic (exact) mass is 198 g/mol. The van der Waals surface area contributed by atoms with Crippen LogP contribution in [0, 0.1) is 16.7 Å². The minimum Gasteiger partial charge on any atom is -0.395 e. The Balaban J connectivity index is 3.79. The van der Waals surface area contributed by atoms with Crippen molar-refractivity contribution in [3.05, 3.63) is 0 Å². The van der Waals surface area contributed by atoms with Crippen LogP contribution in [0.2, 0.25) is 0 Å². The maximum atomic E-state index is 8.98. The molecule has 0 aliphatic heterocycles. The van der Waals surface area contributed by atoms with Gasteiger partial charge in [-0.1, -0.05) is 20.8 Å². The lowest BCUT2D eigenvalue weighted by Crippen LogP contribution is -2.38. The average Bonchev–Trinajstić information content (AvgIpc) is 2.16. The lowest BCUT2D eigenvalue weighted by Gasteiger charge is -2.26. The summed E-state index contributed by atoms with van der Waals surface area (Å²) >= 11 is 0. The molecular formula is C11H22N2O. The fourth-order valence-corrected chi connectivity index (χ4v) is 1.24. The fraction of sp³-hybridized carbons (Fsp3) is 0.909. The normalized spacial score (nSPS) is 13.6. The van der Waals surface area contributed by atoms with Crippen LogP contribution in [0.25, 0.3) is 0 Å². The van der Waals surface area contributed by atoms with Crippen molar-refractivity contribution in [2.45, 2.75) is 46.1 Å². The largest absolute Gasteiger partial charge is 0.395 e. The Labute approximate surface area is 87.1 Å². The van der Waals surface area contributed by atoms with E-state index >= 15 is 0 Å². The van der Waals surface area contributed by atoms with E-state index < -0.39 is 0 Å². The van der Waals surface area contributed by atoms with Crippen molar-refractivity contribution in [1.29, 1.82) is 5.26 Å². The smallest absolute Gasteiger partial charge is 0.0621 e. The molecule has 82 valence electrons. The molecule has 0 saturated heterocycles. The lowest BCUT2D eigenvalue weighted by atomic mass is 9.87. The molecule has 3 nitrogen and oxygen atoms in total. The van der Waals surface area contributed by atoms with Crippen LogP contribution in [0.3, 0.4) is 0 Å². The quantitative estimate of drug-likeness (QED) is 0.654. The van der Waals surface area contributed by atoms with Gasteiger partial charge in [0.2, 0.25) is 0 Å². The van der Waals surface area contributed by atoms with Crippen molar-refractivity contribution >= 4 is 0 Å². The fourth-order valence-electron chi connectivity index (χ4n) is 1.24. The molecule has 0 aliphatic carbocycles. The van der Waals surface area contributed by atoms with E-state index in [9.17, 15) is 0 Å². The predicted molar refractivity (Wildman–Crippen MR) is 57.8 cm³/mol. The van der Waals surface area contributed by atoms with Gasteiger partial charge in [-0.15, -0.1) is 0 Å². The molecule has 0 aromatic heterocycles. The highest BCUT2D eigenvalue weighted by Gasteiger charge is 2.18. The van der Waals surface area contributed by atoms with E-state index in [4.69, 9.17) is 10.4 Å². The van der Waals surface area contributed by atoms with Gasteiger partial charge in [0.05, 0.1) is 12.7 Å². The number of hydrogen-bond donors (Lipinski definition) is 2. The van der Waals surface area contributed by atoms with Gasteiger partial charge in [-0.3, -0.25) is 0 Å². The number of nitrogens with one attached hydrogen (secondary N) is 1. The van der Waals surface area contributed by atoms with Crippen molar-refractivity contribution in [1.82, 2.24) is 5.32 Å². The van der Waals surface area contributed by atoms with Crippen molar-refractivity contribution in [2.24, 2.45) is 5.41 Å². The zero-order valence-electron chi connectivity index (χ0n) is 9.51. The molecule has 3 heteroatoms. The van der Waals surface area contributed by atoms with Crippen LogP contribution in [-0.4, -0.2) is 24.3 Å². The van der Waals surface area contributed by atoms with Crippen molar-refractivity contribution in [2.75, 3.05) is 13.2 Å². The molecule has 0 rings (SSSR count). The van der Waals surface area contributed by atoms with Crippen LogP contribution in [0.15, 0.2) is 0 Å². The number of aliphatic hydroxyl groups excluding tert-OH is 1. The van der Waals surface area contributed by atoms with Crippen LogP contribution in [-0.2, 0) is 0 Å². The molecule has 0 radical (unpaired) electrons. The summed E-state index contributed by atoms with van der Waals surface area (Å²) in [5, 5.41) is 20.8. The van der Waals surface area contributed by atoms with Gasteiger partial charge < -0.3 is 10.4 Å². The van der Waals surface area contributed by atoms with Crippen molar-refractivity contribution in [3.63, 3.8) is 0 Å². The van der Waals surface area contributed by atoms with Gasteiger partial charge in [0.1, 0.15) is 0 Å². The minimum absolute atomic E-state index is 0.137. The number of nitrogens with zero attached hydrogens (tertiary/aromatic N) is 1. The molecule has 0 unspecified atom stereocenters. The van der Waals surface area contributed by atoms with Crippen LogP contribution >= 0.6 is 0 Å². The van der Waals surface area contributed by atoms with E-state index in [0.717, 1.165) is 19.4 Å². The van der Waals surface area contributed by atoms with E-state index in [0.29, 0.717) is 6.42 Å². The highest BCUT2D eigenvalue weighted by molar-refractivity contribution is 4.80. The van der Waals surface area contributed by atoms with Crippen LogP contribution in [0.1, 0.15) is 40.0 Å². The first-order chi connectivity index (χ1) is 6.55. The van der Waals surface area contributed by atoms with E-state index in [1.165, 1.54) is 0 Å². The summed E-state index contributed by atoms with van der Waals surface area (Å²) in [6, 6.07) is 2.35. The molecule has 0 fully saturated rings. The molecule has 0 saturated carbocycles. The third-order valence-corrected chi connectivity index (χ3v) is 2.50. The molecule has 2 N–H and O–H groups in total. The molecule has 0 bridgehead atoms. The molecule has 0 heterocycles. The third-order valence-electron chi connectivity index (χ3n) is 2.50. The second-order valence-corrected chi connectivity index (χ2v) is 4.49. The van der Waals surface area contributed by atoms with Crippen molar-refractivity contribution in [3.8, 4) is 6.07 Å². The predicted octanol–water partition coefficient (Wildman–Crippen LogP) is 1.68. The first-order valence-electron chi connectivity index (χ1n) is 5.27. The molecule has 0 aromatic carbocycles. The van der Waals surface area contributed by atoms with Crippen LogP contribution in [0.5, 0.6) is 0 Å². The first-order valence-corrected chi connectivity index (χ1v) is 5.27. The molecule has 0 aliphatic rings. The van der Waals surface area contributed by atoms with Gasteiger partial charge in [-0.05, 0) is 18.3 Å². The topological polar surface area (TPSA) is 56.0 Å². The van der Waals surface area contributed by atoms with E-state index in [1.807, 2.05) is 0 Å². The summed E-state index contributed by atoms with van der Waals surface area (Å²) in [7, 11) is 0. The maximum Gasteiger partial charge on any atom is 0.0621 e. The zero-order valence-corrected chi connectivity index (χ0v) is 9.51. The Morgan fingerprint density at radius 3 is 2.57 bits per heavy atom. The van der Waals surface area contributed by atoms with Gasteiger partial charge in [0.25, 0.3) is 0 Å². The molecule has 0 amide bonds. The Hall–Kier alpha value is -0.590. The summed E-state index contributed by atoms with van der Waals surface area (Å²) in [6.07, 6.45) is 2.44. The third kappa shape index (κ3) is 5.95. The van der Waals surface area contributed by atoms with Crippen LogP contribution in [0.4, 0.5) is 0 Å². The molecule has 0 aromatic rings. The highest BCUT2D eigenvalue weighted by atomic mass is 16.3. The van der Waals surface area contributed by atoms with Gasteiger partial charge in [-0.25, -0.2) is 0 Å². The van der Waals surface area contributed by atoms with E-state index in [2.05, 4.69) is 32.2 Å². The molecular weight excluding hydrogens is 176 g/mol. The van der Waals surface area contributed by atoms with Crippen LogP contribution < -0.4 is 5.32 Å². The Morgan fingerprint density at radius 2 is 2.14 bits per heavy atom. The Kier molecular flexibility index (Phi) is 6.52. The highest BCUT2D eigenvalue weighted by Crippen LogP contribution is 2.20. The van der Waals surface area contributed by atoms with Gasteiger partial charge in [0, 0.05) is 19.0 Å². The van der Waals surface area contributed by atoms with Gasteiger partial charge >= 0.3 is 0 Å². The minimum atomic E-state index is 0.137. The van der Waals surface area contributed by atoms with E-state index in [1.54, 1.807) is 0 Å². The number of nitriles is 1. The Bertz CT molecular complexity index is 180. The first kappa shape index (κ1) is 13.4. The summed E-state index contributed by atoms with van der Waals surface area (Å²) < 4.78 is 0. The maximum absolute atomic E-state index is 8.98. The molecule has 14 heavy (non-hydrogen) atoms. The standard InChI is InChI=1S/C11H22N2O/c1-4-10(8-14)13-9-11(2,3)6-5-7-12/h10,13-14H,4-6,8-9H2,1-3H3/t10-/m1/s1. The second kappa shape index (κ2) is 6.80. The number of rotatable bonds is 7. The van der Waals surface area contributed by atoms with Gasteiger partial charge in [-0.2, -0.15) is 5.26 Å².